The van der Waals surface area contributed by atoms with Gasteiger partial charge in [0.1, 0.15) is 0 Å². The number of carbonyl (C=O) groups is 2. The highest BCUT2D eigenvalue weighted by atomic mass is 16.4. The first-order valence-electron chi connectivity index (χ1n) is 8.49. The van der Waals surface area contributed by atoms with Crippen molar-refractivity contribution < 1.29 is 30.0 Å². The molecule has 28 heavy (non-hydrogen) atoms. The van der Waals surface area contributed by atoms with Crippen molar-refractivity contribution in [2.45, 2.75) is 13.2 Å². The van der Waals surface area contributed by atoms with E-state index in [9.17, 15) is 19.8 Å². The molecule has 0 bridgehead atoms. The van der Waals surface area contributed by atoms with Crippen LogP contribution in [0.4, 0.5) is 0 Å². The third-order valence-electron chi connectivity index (χ3n) is 4.56. The summed E-state index contributed by atoms with van der Waals surface area (Å²) in [7, 11) is 0. The van der Waals surface area contributed by atoms with E-state index in [1.165, 1.54) is 24.3 Å². The first-order chi connectivity index (χ1) is 13.4. The van der Waals surface area contributed by atoms with Crippen molar-refractivity contribution in [1.82, 2.24) is 0 Å². The standard InChI is InChI=1S/C22H18O6/c23-11-17-10-20(14-3-7-16(8-4-14)22(27)28)18(12-24)9-19(17)13-1-5-15(6-2-13)21(25)26/h1-10,23-24H,11-12H2,(H,25,26)(H,27,28). The molecular formula is C22H18O6. The zero-order valence-electron chi connectivity index (χ0n) is 14.8. The minimum absolute atomic E-state index is 0.159. The number of carboxylic acids is 2. The minimum atomic E-state index is -1.02. The minimum Gasteiger partial charge on any atom is -0.478 e. The molecule has 0 atom stereocenters. The highest BCUT2D eigenvalue weighted by molar-refractivity contribution is 5.89. The van der Waals surface area contributed by atoms with E-state index in [0.717, 1.165) is 11.1 Å². The van der Waals surface area contributed by atoms with Crippen molar-refractivity contribution in [2.24, 2.45) is 0 Å². The van der Waals surface area contributed by atoms with Gasteiger partial charge in [-0.25, -0.2) is 9.59 Å². The SMILES string of the molecule is O=C(O)c1ccc(-c2cc(CO)c(-c3ccc(C(=O)O)cc3)cc2CO)cc1. The summed E-state index contributed by atoms with van der Waals surface area (Å²) in [6, 6.07) is 16.0. The van der Waals surface area contributed by atoms with Gasteiger partial charge < -0.3 is 20.4 Å². The maximum Gasteiger partial charge on any atom is 0.335 e. The Morgan fingerprint density at radius 2 is 0.929 bits per heavy atom. The molecule has 3 aromatic carbocycles. The monoisotopic (exact) mass is 378 g/mol. The normalized spacial score (nSPS) is 10.6. The summed E-state index contributed by atoms with van der Waals surface area (Å²) in [5.41, 5.74) is 4.35. The van der Waals surface area contributed by atoms with Gasteiger partial charge in [0, 0.05) is 0 Å². The number of benzene rings is 3. The van der Waals surface area contributed by atoms with Gasteiger partial charge in [-0.3, -0.25) is 0 Å². The van der Waals surface area contributed by atoms with E-state index in [1.54, 1.807) is 36.4 Å². The Labute approximate surface area is 161 Å². The van der Waals surface area contributed by atoms with Crippen molar-refractivity contribution >= 4 is 11.9 Å². The highest BCUT2D eigenvalue weighted by Crippen LogP contribution is 2.33. The number of hydrogen-bond donors (Lipinski definition) is 4. The van der Waals surface area contributed by atoms with Gasteiger partial charge in [0.05, 0.1) is 24.3 Å². The van der Waals surface area contributed by atoms with Crippen molar-refractivity contribution in [3.63, 3.8) is 0 Å². The van der Waals surface area contributed by atoms with Crippen molar-refractivity contribution in [2.75, 3.05) is 0 Å². The zero-order chi connectivity index (χ0) is 20.3. The topological polar surface area (TPSA) is 115 Å². The molecule has 0 heterocycles. The summed E-state index contributed by atoms with van der Waals surface area (Å²) in [5, 5.41) is 37.8. The third kappa shape index (κ3) is 3.78. The average Bonchev–Trinajstić information content (AvgIpc) is 2.72. The fourth-order valence-corrected chi connectivity index (χ4v) is 3.07. The van der Waals surface area contributed by atoms with Crippen LogP contribution in [0.5, 0.6) is 0 Å². The first kappa shape index (κ1) is 19.3. The maximum atomic E-state index is 11.0. The van der Waals surface area contributed by atoms with Crippen LogP contribution in [0.2, 0.25) is 0 Å². The van der Waals surface area contributed by atoms with E-state index in [0.29, 0.717) is 22.3 Å². The van der Waals surface area contributed by atoms with Gasteiger partial charge in [0.25, 0.3) is 0 Å². The van der Waals surface area contributed by atoms with Gasteiger partial charge >= 0.3 is 11.9 Å². The summed E-state index contributed by atoms with van der Waals surface area (Å²) < 4.78 is 0. The Morgan fingerprint density at radius 3 is 1.18 bits per heavy atom. The molecule has 6 heteroatoms. The second-order valence-corrected chi connectivity index (χ2v) is 6.25. The molecule has 0 aliphatic carbocycles. The number of aliphatic hydroxyl groups is 2. The van der Waals surface area contributed by atoms with E-state index in [4.69, 9.17) is 10.2 Å². The number of aliphatic hydroxyl groups excluding tert-OH is 2. The van der Waals surface area contributed by atoms with E-state index in [1.807, 2.05) is 0 Å². The molecule has 3 rings (SSSR count). The van der Waals surface area contributed by atoms with Crippen LogP contribution in [0, 0.1) is 0 Å². The molecule has 3 aromatic rings. The number of aromatic carboxylic acids is 2. The number of rotatable bonds is 6. The molecule has 0 saturated heterocycles. The third-order valence-corrected chi connectivity index (χ3v) is 4.56. The Kier molecular flexibility index (Phi) is 5.54. The van der Waals surface area contributed by atoms with Gasteiger partial charge in [-0.2, -0.15) is 0 Å². The van der Waals surface area contributed by atoms with Crippen LogP contribution < -0.4 is 0 Å². The van der Waals surface area contributed by atoms with E-state index < -0.39 is 11.9 Å². The van der Waals surface area contributed by atoms with Crippen LogP contribution in [0.15, 0.2) is 60.7 Å². The fourth-order valence-electron chi connectivity index (χ4n) is 3.07. The summed E-state index contributed by atoms with van der Waals surface area (Å²) >= 11 is 0. The van der Waals surface area contributed by atoms with E-state index in [-0.39, 0.29) is 24.3 Å². The Morgan fingerprint density at radius 1 is 0.607 bits per heavy atom. The van der Waals surface area contributed by atoms with Gasteiger partial charge in [0.15, 0.2) is 0 Å². The molecule has 142 valence electrons. The molecule has 6 nitrogen and oxygen atoms in total. The Balaban J connectivity index is 2.09. The molecule has 0 fully saturated rings. The predicted octanol–water partition coefficient (Wildman–Crippen LogP) is 3.40. The summed E-state index contributed by atoms with van der Waals surface area (Å²) in [4.78, 5) is 22.1. The lowest BCUT2D eigenvalue weighted by Crippen LogP contribution is -1.99. The van der Waals surface area contributed by atoms with Gasteiger partial charge in [-0.15, -0.1) is 0 Å². The van der Waals surface area contributed by atoms with Gasteiger partial charge in [-0.1, -0.05) is 24.3 Å². The lowest BCUT2D eigenvalue weighted by atomic mass is 9.90. The van der Waals surface area contributed by atoms with E-state index >= 15 is 0 Å². The lowest BCUT2D eigenvalue weighted by Gasteiger charge is -2.15. The van der Waals surface area contributed by atoms with Crippen molar-refractivity contribution in [3.05, 3.63) is 82.9 Å². The summed E-state index contributed by atoms with van der Waals surface area (Å²) in [5.74, 6) is -2.05. The molecule has 0 spiro atoms. The van der Waals surface area contributed by atoms with Gasteiger partial charge in [0.2, 0.25) is 0 Å². The molecular weight excluding hydrogens is 360 g/mol. The molecule has 0 radical (unpaired) electrons. The van der Waals surface area contributed by atoms with Crippen molar-refractivity contribution in [1.29, 1.82) is 0 Å². The second kappa shape index (κ2) is 8.04. The second-order valence-electron chi connectivity index (χ2n) is 6.25. The molecule has 0 aromatic heterocycles. The lowest BCUT2D eigenvalue weighted by molar-refractivity contribution is 0.0686. The molecule has 4 N–H and O–H groups in total. The Hall–Kier alpha value is -3.48. The zero-order valence-corrected chi connectivity index (χ0v) is 14.8. The van der Waals surface area contributed by atoms with Crippen LogP contribution >= 0.6 is 0 Å². The van der Waals surface area contributed by atoms with Crippen LogP contribution in [0.1, 0.15) is 31.8 Å². The predicted molar refractivity (Wildman–Crippen MR) is 103 cm³/mol. The highest BCUT2D eigenvalue weighted by Gasteiger charge is 2.14. The van der Waals surface area contributed by atoms with Crippen LogP contribution in [0.3, 0.4) is 0 Å². The largest absolute Gasteiger partial charge is 0.478 e. The molecule has 0 unspecified atom stereocenters. The number of carboxylic acid groups (broad SMARTS) is 2. The Bertz CT molecular complexity index is 935. The molecule has 0 aliphatic heterocycles. The molecule has 0 aliphatic rings. The maximum absolute atomic E-state index is 11.0. The number of hydrogen-bond acceptors (Lipinski definition) is 4. The van der Waals surface area contributed by atoms with Gasteiger partial charge in [-0.05, 0) is 69.8 Å². The smallest absolute Gasteiger partial charge is 0.335 e. The molecule has 0 saturated carbocycles. The van der Waals surface area contributed by atoms with Crippen LogP contribution in [-0.4, -0.2) is 32.4 Å². The molecule has 0 amide bonds. The fraction of sp³-hybridized carbons (Fsp3) is 0.0909. The summed E-state index contributed by atoms with van der Waals surface area (Å²) in [6.07, 6.45) is 0. The summed E-state index contributed by atoms with van der Waals surface area (Å²) in [6.45, 7) is -0.496. The quantitative estimate of drug-likeness (QED) is 0.523. The van der Waals surface area contributed by atoms with Crippen LogP contribution in [-0.2, 0) is 13.2 Å². The first-order valence-corrected chi connectivity index (χ1v) is 8.49. The average molecular weight is 378 g/mol. The van der Waals surface area contributed by atoms with Crippen molar-refractivity contribution in [3.8, 4) is 22.3 Å². The van der Waals surface area contributed by atoms with Crippen LogP contribution in [0.25, 0.3) is 22.3 Å². The van der Waals surface area contributed by atoms with E-state index in [2.05, 4.69) is 0 Å².